The van der Waals surface area contributed by atoms with Crippen LogP contribution in [-0.2, 0) is 11.2 Å². The van der Waals surface area contributed by atoms with E-state index in [0.717, 1.165) is 28.9 Å². The van der Waals surface area contributed by atoms with Crippen molar-refractivity contribution in [1.29, 1.82) is 0 Å². The van der Waals surface area contributed by atoms with Crippen LogP contribution in [0.3, 0.4) is 0 Å². The first-order valence-corrected chi connectivity index (χ1v) is 7.51. The van der Waals surface area contributed by atoms with E-state index >= 15 is 0 Å². The second kappa shape index (κ2) is 8.17. The van der Waals surface area contributed by atoms with Gasteiger partial charge in [0.1, 0.15) is 5.75 Å². The van der Waals surface area contributed by atoms with Crippen molar-refractivity contribution in [2.24, 2.45) is 0 Å². The highest BCUT2D eigenvalue weighted by atomic mass is 16.5. The summed E-state index contributed by atoms with van der Waals surface area (Å²) in [6.45, 7) is 5.04. The number of aromatic nitrogens is 1. The fourth-order valence-electron chi connectivity index (χ4n) is 2.10. The molecule has 0 aliphatic heterocycles. The van der Waals surface area contributed by atoms with E-state index in [9.17, 15) is 4.79 Å². The lowest BCUT2D eigenvalue weighted by atomic mass is 10.1. The molecule has 0 aliphatic rings. The third-order valence-electron chi connectivity index (χ3n) is 3.39. The Bertz CT molecular complexity index is 612. The van der Waals surface area contributed by atoms with Crippen LogP contribution in [0.1, 0.15) is 23.1 Å². The van der Waals surface area contributed by atoms with Crippen molar-refractivity contribution in [3.05, 3.63) is 59.4 Å². The largest absolute Gasteiger partial charge is 0.493 e. The minimum atomic E-state index is 0.00852. The molecule has 0 spiro atoms. The Labute approximate surface area is 131 Å². The van der Waals surface area contributed by atoms with Crippen LogP contribution in [0.4, 0.5) is 0 Å². The lowest BCUT2D eigenvalue weighted by Gasteiger charge is -2.10. The van der Waals surface area contributed by atoms with Crippen molar-refractivity contribution < 1.29 is 9.53 Å². The fourth-order valence-corrected chi connectivity index (χ4v) is 2.10. The minimum absolute atomic E-state index is 0.00852. The summed E-state index contributed by atoms with van der Waals surface area (Å²) in [4.78, 5) is 15.8. The van der Waals surface area contributed by atoms with Crippen molar-refractivity contribution in [3.8, 4) is 5.75 Å². The number of aryl methyl sites for hydroxylation is 2. The number of benzene rings is 1. The highest BCUT2D eigenvalue weighted by Crippen LogP contribution is 2.19. The molecule has 1 aromatic carbocycles. The number of hydrogen-bond acceptors (Lipinski definition) is 3. The van der Waals surface area contributed by atoms with Gasteiger partial charge in [-0.3, -0.25) is 9.78 Å². The number of ether oxygens (including phenoxy) is 1. The molecule has 0 atom stereocenters. The molecule has 0 unspecified atom stereocenters. The van der Waals surface area contributed by atoms with Gasteiger partial charge < -0.3 is 10.1 Å². The summed E-state index contributed by atoms with van der Waals surface area (Å²) >= 11 is 0. The average molecular weight is 298 g/mol. The van der Waals surface area contributed by atoms with Crippen LogP contribution in [0.2, 0.25) is 0 Å². The van der Waals surface area contributed by atoms with Gasteiger partial charge in [0, 0.05) is 18.9 Å². The third-order valence-corrected chi connectivity index (χ3v) is 3.39. The SMILES string of the molecule is Cc1ccc(C)c(OCCC(=O)NCCc2cccnc2)c1. The molecule has 0 bridgehead atoms. The number of hydrogen-bond donors (Lipinski definition) is 1. The van der Waals surface area contributed by atoms with E-state index in [-0.39, 0.29) is 5.91 Å². The van der Waals surface area contributed by atoms with E-state index in [1.165, 1.54) is 0 Å². The molecule has 4 heteroatoms. The van der Waals surface area contributed by atoms with Crippen LogP contribution < -0.4 is 10.1 Å². The Morgan fingerprint density at radius 1 is 1.27 bits per heavy atom. The van der Waals surface area contributed by atoms with Gasteiger partial charge in [0.15, 0.2) is 0 Å². The quantitative estimate of drug-likeness (QED) is 0.855. The maximum absolute atomic E-state index is 11.8. The maximum atomic E-state index is 11.8. The normalized spacial score (nSPS) is 10.3. The summed E-state index contributed by atoms with van der Waals surface area (Å²) in [6.07, 6.45) is 4.71. The molecule has 0 radical (unpaired) electrons. The zero-order valence-corrected chi connectivity index (χ0v) is 13.1. The molecule has 0 saturated heterocycles. The maximum Gasteiger partial charge on any atom is 0.223 e. The van der Waals surface area contributed by atoms with Gasteiger partial charge in [-0.2, -0.15) is 0 Å². The number of rotatable bonds is 7. The second-order valence-electron chi connectivity index (χ2n) is 5.33. The monoisotopic (exact) mass is 298 g/mol. The zero-order chi connectivity index (χ0) is 15.8. The molecule has 1 aromatic heterocycles. The Morgan fingerprint density at radius 2 is 2.14 bits per heavy atom. The van der Waals surface area contributed by atoms with Gasteiger partial charge in [-0.25, -0.2) is 0 Å². The van der Waals surface area contributed by atoms with E-state index in [1.54, 1.807) is 6.20 Å². The molecule has 116 valence electrons. The Hall–Kier alpha value is -2.36. The van der Waals surface area contributed by atoms with Crippen molar-refractivity contribution in [2.75, 3.05) is 13.2 Å². The lowest BCUT2D eigenvalue weighted by molar-refractivity contribution is -0.121. The topological polar surface area (TPSA) is 51.2 Å². The van der Waals surface area contributed by atoms with Gasteiger partial charge in [0.25, 0.3) is 0 Å². The van der Waals surface area contributed by atoms with Crippen LogP contribution in [0.25, 0.3) is 0 Å². The van der Waals surface area contributed by atoms with Crippen LogP contribution >= 0.6 is 0 Å². The molecule has 2 rings (SSSR count). The average Bonchev–Trinajstić information content (AvgIpc) is 2.52. The van der Waals surface area contributed by atoms with E-state index < -0.39 is 0 Å². The smallest absolute Gasteiger partial charge is 0.223 e. The highest BCUT2D eigenvalue weighted by Gasteiger charge is 2.04. The molecule has 2 aromatic rings. The predicted molar refractivity (Wildman–Crippen MR) is 87.0 cm³/mol. The summed E-state index contributed by atoms with van der Waals surface area (Å²) in [5.41, 5.74) is 3.36. The van der Waals surface area contributed by atoms with Gasteiger partial charge >= 0.3 is 0 Å². The number of carbonyl (C=O) groups is 1. The summed E-state index contributed by atoms with van der Waals surface area (Å²) < 4.78 is 5.68. The summed E-state index contributed by atoms with van der Waals surface area (Å²) in [5.74, 6) is 0.859. The third kappa shape index (κ3) is 5.20. The molecular weight excluding hydrogens is 276 g/mol. The first kappa shape index (κ1) is 16.0. The van der Waals surface area contributed by atoms with Crippen molar-refractivity contribution in [1.82, 2.24) is 10.3 Å². The Balaban J connectivity index is 1.66. The molecule has 0 saturated carbocycles. The zero-order valence-electron chi connectivity index (χ0n) is 13.1. The Kier molecular flexibility index (Phi) is 5.95. The number of amides is 1. The molecule has 0 aliphatic carbocycles. The predicted octanol–water partition coefficient (Wildman–Crippen LogP) is 2.83. The molecule has 1 heterocycles. The first-order valence-electron chi connectivity index (χ1n) is 7.51. The van der Waals surface area contributed by atoms with Gasteiger partial charge in [-0.05, 0) is 49.1 Å². The number of carbonyl (C=O) groups excluding carboxylic acids is 1. The van der Waals surface area contributed by atoms with E-state index in [2.05, 4.69) is 10.3 Å². The standard InChI is InChI=1S/C18H22N2O2/c1-14-5-6-15(2)17(12-14)22-11-8-18(21)20-10-7-16-4-3-9-19-13-16/h3-6,9,12-13H,7-8,10-11H2,1-2H3,(H,20,21). The van der Waals surface area contributed by atoms with E-state index in [1.807, 2.05) is 50.4 Å². The molecule has 4 nitrogen and oxygen atoms in total. The van der Waals surface area contributed by atoms with E-state index in [0.29, 0.717) is 19.6 Å². The van der Waals surface area contributed by atoms with Gasteiger partial charge in [-0.1, -0.05) is 18.2 Å². The molecule has 0 fully saturated rings. The first-order chi connectivity index (χ1) is 10.6. The second-order valence-corrected chi connectivity index (χ2v) is 5.33. The highest BCUT2D eigenvalue weighted by molar-refractivity contribution is 5.76. The summed E-state index contributed by atoms with van der Waals surface area (Å²) in [7, 11) is 0. The van der Waals surface area contributed by atoms with E-state index in [4.69, 9.17) is 4.74 Å². The van der Waals surface area contributed by atoms with Crippen molar-refractivity contribution >= 4 is 5.91 Å². The van der Waals surface area contributed by atoms with Crippen molar-refractivity contribution in [2.45, 2.75) is 26.7 Å². The molecular formula is C18H22N2O2. The lowest BCUT2D eigenvalue weighted by Crippen LogP contribution is -2.27. The summed E-state index contributed by atoms with van der Waals surface area (Å²) in [5, 5.41) is 2.90. The summed E-state index contributed by atoms with van der Waals surface area (Å²) in [6, 6.07) is 9.97. The Morgan fingerprint density at radius 3 is 2.91 bits per heavy atom. The van der Waals surface area contributed by atoms with Crippen LogP contribution in [0, 0.1) is 13.8 Å². The number of nitrogens with zero attached hydrogens (tertiary/aromatic N) is 1. The van der Waals surface area contributed by atoms with Crippen molar-refractivity contribution in [3.63, 3.8) is 0 Å². The van der Waals surface area contributed by atoms with Crippen LogP contribution in [0.15, 0.2) is 42.7 Å². The van der Waals surface area contributed by atoms with Crippen LogP contribution in [-0.4, -0.2) is 24.0 Å². The fraction of sp³-hybridized carbons (Fsp3) is 0.333. The van der Waals surface area contributed by atoms with Gasteiger partial charge in [-0.15, -0.1) is 0 Å². The van der Waals surface area contributed by atoms with Crippen LogP contribution in [0.5, 0.6) is 5.75 Å². The number of nitrogens with one attached hydrogen (secondary N) is 1. The van der Waals surface area contributed by atoms with Gasteiger partial charge in [0.2, 0.25) is 5.91 Å². The minimum Gasteiger partial charge on any atom is -0.493 e. The number of pyridine rings is 1. The molecule has 22 heavy (non-hydrogen) atoms. The van der Waals surface area contributed by atoms with Gasteiger partial charge in [0.05, 0.1) is 13.0 Å². The molecule has 1 N–H and O–H groups in total. The molecule has 1 amide bonds.